The number of rotatable bonds is 2. The summed E-state index contributed by atoms with van der Waals surface area (Å²) in [6.07, 6.45) is -4.77. The first kappa shape index (κ1) is 14.4. The molecule has 108 valence electrons. The van der Waals surface area contributed by atoms with Crippen molar-refractivity contribution in [2.45, 2.75) is 37.1 Å². The molecule has 20 heavy (non-hydrogen) atoms. The Hall–Kier alpha value is -1.99. The number of aliphatic hydroxyl groups is 3. The van der Waals surface area contributed by atoms with E-state index in [2.05, 4.69) is 0 Å². The molecule has 2 heterocycles. The maximum atomic E-state index is 11.7. The second-order valence-corrected chi connectivity index (χ2v) is 4.55. The normalized spacial score (nSPS) is 34.6. The monoisotopic (exact) mass is 283 g/mol. The Morgan fingerprint density at radius 3 is 2.65 bits per heavy atom. The van der Waals surface area contributed by atoms with E-state index in [1.165, 1.54) is 6.92 Å². The van der Waals surface area contributed by atoms with Crippen molar-refractivity contribution in [3.8, 4) is 6.07 Å². The molecule has 0 radical (unpaired) electrons. The van der Waals surface area contributed by atoms with Crippen LogP contribution in [0.1, 0.15) is 6.92 Å². The number of ether oxygens (including phenoxy) is 1. The molecule has 1 aromatic rings. The van der Waals surface area contributed by atoms with Gasteiger partial charge in [0.2, 0.25) is 0 Å². The molecule has 1 aliphatic heterocycles. The van der Waals surface area contributed by atoms with E-state index in [4.69, 9.17) is 4.74 Å². The van der Waals surface area contributed by atoms with Crippen molar-refractivity contribution in [1.29, 1.82) is 5.26 Å². The zero-order valence-electron chi connectivity index (χ0n) is 10.4. The van der Waals surface area contributed by atoms with E-state index in [-0.39, 0.29) is 0 Å². The van der Waals surface area contributed by atoms with E-state index < -0.39 is 41.4 Å². The number of hydrogen-bond acceptors (Lipinski definition) is 7. The average Bonchev–Trinajstić information content (AvgIpc) is 2.64. The van der Waals surface area contributed by atoms with Gasteiger partial charge in [-0.05, 0) is 6.92 Å². The van der Waals surface area contributed by atoms with Gasteiger partial charge in [-0.2, -0.15) is 5.26 Å². The van der Waals surface area contributed by atoms with Crippen LogP contribution in [-0.2, 0) is 10.5 Å². The molecule has 0 unspecified atom stereocenters. The minimum absolute atomic E-state index is 0.671. The molecule has 0 aromatic carbocycles. The van der Waals surface area contributed by atoms with Gasteiger partial charge >= 0.3 is 5.69 Å². The van der Waals surface area contributed by atoms with Gasteiger partial charge in [-0.15, -0.1) is 0 Å². The lowest BCUT2D eigenvalue weighted by molar-refractivity contribution is -0.124. The SMILES string of the molecule is C[C@@H](O)[C@H]1O[C@@](C#N)(n2ccc(=O)[nH]c2=O)[C@@H](O)[C@@H]1O. The molecule has 0 saturated carbocycles. The molecule has 4 N–H and O–H groups in total. The second kappa shape index (κ2) is 4.84. The van der Waals surface area contributed by atoms with Crippen LogP contribution >= 0.6 is 0 Å². The van der Waals surface area contributed by atoms with Crippen LogP contribution < -0.4 is 11.2 Å². The molecule has 1 saturated heterocycles. The maximum Gasteiger partial charge on any atom is 0.331 e. The van der Waals surface area contributed by atoms with Gasteiger partial charge in [-0.25, -0.2) is 4.79 Å². The van der Waals surface area contributed by atoms with Gasteiger partial charge in [-0.3, -0.25) is 14.3 Å². The Kier molecular flexibility index (Phi) is 3.49. The Balaban J connectivity index is 2.59. The fourth-order valence-corrected chi connectivity index (χ4v) is 2.17. The standard InChI is InChI=1S/C11H13N3O6/c1-5(15)8-7(17)9(18)11(4-12,20-8)14-3-2-6(16)13-10(14)19/h2-3,5,7-9,15,17-18H,1H3,(H,13,16,19)/t5-,7-,8-,9+,11-/m1/s1. The molecule has 0 amide bonds. The number of hydrogen-bond donors (Lipinski definition) is 4. The Morgan fingerprint density at radius 1 is 1.55 bits per heavy atom. The summed E-state index contributed by atoms with van der Waals surface area (Å²) in [6.45, 7) is 1.31. The summed E-state index contributed by atoms with van der Waals surface area (Å²) in [6, 6.07) is 2.59. The van der Waals surface area contributed by atoms with Gasteiger partial charge < -0.3 is 20.1 Å². The zero-order valence-corrected chi connectivity index (χ0v) is 10.4. The van der Waals surface area contributed by atoms with Crippen molar-refractivity contribution >= 4 is 0 Å². The molecular formula is C11H13N3O6. The van der Waals surface area contributed by atoms with E-state index in [0.29, 0.717) is 4.57 Å². The Bertz CT molecular complexity index is 659. The summed E-state index contributed by atoms with van der Waals surface area (Å²) in [4.78, 5) is 24.7. The molecule has 9 heteroatoms. The van der Waals surface area contributed by atoms with Crippen molar-refractivity contribution in [1.82, 2.24) is 9.55 Å². The highest BCUT2D eigenvalue weighted by Gasteiger charge is 2.58. The first-order valence-corrected chi connectivity index (χ1v) is 5.79. The number of nitrogens with zero attached hydrogens (tertiary/aromatic N) is 2. The smallest absolute Gasteiger partial charge is 0.331 e. The molecule has 5 atom stereocenters. The largest absolute Gasteiger partial charge is 0.391 e. The quantitative estimate of drug-likeness (QED) is 0.458. The van der Waals surface area contributed by atoms with Crippen molar-refractivity contribution in [3.05, 3.63) is 33.1 Å². The van der Waals surface area contributed by atoms with Gasteiger partial charge in [0.05, 0.1) is 6.10 Å². The zero-order chi connectivity index (χ0) is 15.1. The third-order valence-corrected chi connectivity index (χ3v) is 3.19. The first-order chi connectivity index (χ1) is 9.33. The van der Waals surface area contributed by atoms with Crippen molar-refractivity contribution < 1.29 is 20.1 Å². The molecule has 1 aliphatic rings. The van der Waals surface area contributed by atoms with Crippen LogP contribution in [0.5, 0.6) is 0 Å². The number of aromatic amines is 1. The van der Waals surface area contributed by atoms with E-state index in [0.717, 1.165) is 12.3 Å². The van der Waals surface area contributed by atoms with E-state index in [1.807, 2.05) is 4.98 Å². The topological polar surface area (TPSA) is 149 Å². The van der Waals surface area contributed by atoms with Crippen LogP contribution in [0, 0.1) is 11.3 Å². The third-order valence-electron chi connectivity index (χ3n) is 3.19. The predicted octanol–water partition coefficient (Wildman–Crippen LogP) is -2.79. The number of nitriles is 1. The third kappa shape index (κ3) is 1.95. The lowest BCUT2D eigenvalue weighted by atomic mass is 10.0. The van der Waals surface area contributed by atoms with Gasteiger partial charge in [0.15, 0.2) is 0 Å². The molecule has 0 bridgehead atoms. The molecule has 1 aromatic heterocycles. The number of aliphatic hydroxyl groups excluding tert-OH is 3. The summed E-state index contributed by atoms with van der Waals surface area (Å²) < 4.78 is 5.89. The fourth-order valence-electron chi connectivity index (χ4n) is 2.17. The minimum atomic E-state index is -2.22. The molecule has 2 rings (SSSR count). The Labute approximate surface area is 112 Å². The highest BCUT2D eigenvalue weighted by molar-refractivity contribution is 5.13. The first-order valence-electron chi connectivity index (χ1n) is 5.79. The molecule has 0 aliphatic carbocycles. The molecule has 1 fully saturated rings. The van der Waals surface area contributed by atoms with Crippen LogP contribution in [0.15, 0.2) is 21.9 Å². The molecular weight excluding hydrogens is 270 g/mol. The summed E-state index contributed by atoms with van der Waals surface area (Å²) in [5.74, 6) is 0. The number of H-pyrrole nitrogens is 1. The van der Waals surface area contributed by atoms with Crippen molar-refractivity contribution in [2.24, 2.45) is 0 Å². The highest BCUT2D eigenvalue weighted by atomic mass is 16.6. The van der Waals surface area contributed by atoms with Crippen molar-refractivity contribution in [3.63, 3.8) is 0 Å². The van der Waals surface area contributed by atoms with Crippen LogP contribution in [0.3, 0.4) is 0 Å². The minimum Gasteiger partial charge on any atom is -0.391 e. The summed E-state index contributed by atoms with van der Waals surface area (Å²) in [5.41, 5.74) is -3.88. The summed E-state index contributed by atoms with van der Waals surface area (Å²) >= 11 is 0. The van der Waals surface area contributed by atoms with Crippen LogP contribution in [0.4, 0.5) is 0 Å². The number of aromatic nitrogens is 2. The average molecular weight is 283 g/mol. The number of nitrogens with one attached hydrogen (secondary N) is 1. The summed E-state index contributed by atoms with van der Waals surface area (Å²) in [7, 11) is 0. The second-order valence-electron chi connectivity index (χ2n) is 4.55. The van der Waals surface area contributed by atoms with E-state index in [9.17, 15) is 30.2 Å². The van der Waals surface area contributed by atoms with Crippen LogP contribution in [0.2, 0.25) is 0 Å². The van der Waals surface area contributed by atoms with Gasteiger partial charge in [0.25, 0.3) is 11.3 Å². The van der Waals surface area contributed by atoms with Gasteiger partial charge in [0.1, 0.15) is 24.4 Å². The van der Waals surface area contributed by atoms with Crippen LogP contribution in [0.25, 0.3) is 0 Å². The van der Waals surface area contributed by atoms with Crippen LogP contribution in [-0.4, -0.2) is 49.3 Å². The van der Waals surface area contributed by atoms with Gasteiger partial charge in [0, 0.05) is 12.3 Å². The summed E-state index contributed by atoms with van der Waals surface area (Å²) in [5, 5.41) is 38.6. The van der Waals surface area contributed by atoms with Gasteiger partial charge in [-0.1, -0.05) is 0 Å². The maximum absolute atomic E-state index is 11.7. The van der Waals surface area contributed by atoms with E-state index in [1.54, 1.807) is 6.07 Å². The molecule has 9 nitrogen and oxygen atoms in total. The Morgan fingerprint density at radius 2 is 2.20 bits per heavy atom. The predicted molar refractivity (Wildman–Crippen MR) is 63.5 cm³/mol. The lowest BCUT2D eigenvalue weighted by Crippen LogP contribution is -2.50. The molecule has 0 spiro atoms. The lowest BCUT2D eigenvalue weighted by Gasteiger charge is -2.26. The van der Waals surface area contributed by atoms with E-state index >= 15 is 0 Å². The fraction of sp³-hybridized carbons (Fsp3) is 0.545. The highest BCUT2D eigenvalue weighted by Crippen LogP contribution is 2.35. The van der Waals surface area contributed by atoms with Crippen molar-refractivity contribution in [2.75, 3.05) is 0 Å².